The minimum atomic E-state index is 0.719. The molecule has 0 saturated heterocycles. The Labute approximate surface area is 148 Å². The van der Waals surface area contributed by atoms with Gasteiger partial charge in [-0.15, -0.1) is 10.2 Å². The second kappa shape index (κ2) is 6.19. The first-order chi connectivity index (χ1) is 11.7. The van der Waals surface area contributed by atoms with Gasteiger partial charge in [-0.05, 0) is 30.7 Å². The molecular weight excluding hydrogens is 340 g/mol. The third-order valence-corrected chi connectivity index (χ3v) is 4.68. The third-order valence-electron chi connectivity index (χ3n) is 3.58. The topological polar surface area (TPSA) is 43.1 Å². The summed E-state index contributed by atoms with van der Waals surface area (Å²) in [6.07, 6.45) is 3.95. The molecule has 0 unspecified atom stereocenters. The van der Waals surface area contributed by atoms with E-state index in [1.165, 1.54) is 16.9 Å². The SMILES string of the molecule is Cc1ccc(-c2nnc3sc(/C=C/c4cccc(Cl)c4)nn23)cc1. The lowest BCUT2D eigenvalue weighted by Gasteiger charge is -1.97. The van der Waals surface area contributed by atoms with Crippen molar-refractivity contribution in [1.29, 1.82) is 0 Å². The number of fused-ring (bicyclic) bond motifs is 1. The average molecular weight is 353 g/mol. The number of rotatable bonds is 3. The highest BCUT2D eigenvalue weighted by Crippen LogP contribution is 2.23. The quantitative estimate of drug-likeness (QED) is 0.522. The number of aromatic nitrogens is 4. The summed E-state index contributed by atoms with van der Waals surface area (Å²) in [7, 11) is 0. The monoisotopic (exact) mass is 352 g/mol. The van der Waals surface area contributed by atoms with Crippen molar-refractivity contribution in [2.24, 2.45) is 0 Å². The Hall–Kier alpha value is -2.50. The Bertz CT molecular complexity index is 1030. The number of benzene rings is 2. The Kier molecular flexibility index (Phi) is 3.88. The van der Waals surface area contributed by atoms with Gasteiger partial charge >= 0.3 is 0 Å². The highest BCUT2D eigenvalue weighted by atomic mass is 35.5. The summed E-state index contributed by atoms with van der Waals surface area (Å²) in [4.78, 5) is 0.774. The van der Waals surface area contributed by atoms with Crippen molar-refractivity contribution in [2.75, 3.05) is 0 Å². The van der Waals surface area contributed by atoms with Gasteiger partial charge in [-0.1, -0.05) is 71.0 Å². The van der Waals surface area contributed by atoms with Crippen molar-refractivity contribution in [1.82, 2.24) is 19.8 Å². The number of nitrogens with zero attached hydrogens (tertiary/aromatic N) is 4. The van der Waals surface area contributed by atoms with E-state index in [1.807, 2.05) is 48.6 Å². The molecule has 0 aliphatic heterocycles. The van der Waals surface area contributed by atoms with E-state index >= 15 is 0 Å². The molecule has 4 aromatic rings. The van der Waals surface area contributed by atoms with Gasteiger partial charge in [0, 0.05) is 10.6 Å². The van der Waals surface area contributed by atoms with Gasteiger partial charge in [-0.25, -0.2) is 0 Å². The minimum Gasteiger partial charge on any atom is -0.182 e. The molecule has 0 N–H and O–H groups in total. The standard InChI is InChI=1S/C18H13ClN4S/c1-12-5-8-14(9-6-12)17-20-21-18-23(17)22-16(24-18)10-7-13-3-2-4-15(19)11-13/h2-11H,1H3/b10-7+. The predicted octanol–water partition coefficient (Wildman–Crippen LogP) is 4.99. The van der Waals surface area contributed by atoms with E-state index < -0.39 is 0 Å². The van der Waals surface area contributed by atoms with Crippen molar-refractivity contribution in [3.63, 3.8) is 0 Å². The van der Waals surface area contributed by atoms with Gasteiger partial charge in [0.1, 0.15) is 5.01 Å². The number of hydrogen-bond acceptors (Lipinski definition) is 4. The van der Waals surface area contributed by atoms with Crippen LogP contribution in [0, 0.1) is 6.92 Å². The molecule has 24 heavy (non-hydrogen) atoms. The third kappa shape index (κ3) is 2.96. The van der Waals surface area contributed by atoms with Gasteiger partial charge in [0.15, 0.2) is 5.82 Å². The zero-order chi connectivity index (χ0) is 16.5. The smallest absolute Gasteiger partial charge is 0.182 e. The van der Waals surface area contributed by atoms with Gasteiger partial charge in [-0.2, -0.15) is 9.61 Å². The van der Waals surface area contributed by atoms with E-state index in [0.717, 1.165) is 31.9 Å². The van der Waals surface area contributed by atoms with Crippen LogP contribution in [0.5, 0.6) is 0 Å². The zero-order valence-electron chi connectivity index (χ0n) is 12.8. The van der Waals surface area contributed by atoms with Crippen LogP contribution in [0.1, 0.15) is 16.1 Å². The Balaban J connectivity index is 1.68. The first-order valence-electron chi connectivity index (χ1n) is 7.42. The van der Waals surface area contributed by atoms with Gasteiger partial charge in [0.2, 0.25) is 4.96 Å². The normalized spacial score (nSPS) is 11.6. The van der Waals surface area contributed by atoms with Crippen molar-refractivity contribution in [2.45, 2.75) is 6.92 Å². The molecule has 0 aliphatic rings. The second-order valence-electron chi connectivity index (χ2n) is 5.41. The summed E-state index contributed by atoms with van der Waals surface area (Å²) in [6.45, 7) is 2.06. The fourth-order valence-corrected chi connectivity index (χ4v) is 3.30. The molecule has 2 heterocycles. The highest BCUT2D eigenvalue weighted by molar-refractivity contribution is 7.17. The lowest BCUT2D eigenvalue weighted by Crippen LogP contribution is -1.90. The van der Waals surface area contributed by atoms with Crippen LogP contribution in [0.4, 0.5) is 0 Å². The van der Waals surface area contributed by atoms with Crippen molar-refractivity contribution >= 4 is 40.1 Å². The molecule has 0 amide bonds. The van der Waals surface area contributed by atoms with Crippen LogP contribution in [0.25, 0.3) is 28.5 Å². The van der Waals surface area contributed by atoms with Crippen LogP contribution >= 0.6 is 22.9 Å². The molecule has 0 atom stereocenters. The maximum absolute atomic E-state index is 6.00. The van der Waals surface area contributed by atoms with Crippen LogP contribution < -0.4 is 0 Å². The Morgan fingerprint density at radius 2 is 1.88 bits per heavy atom. The van der Waals surface area contributed by atoms with Gasteiger partial charge in [0.05, 0.1) is 0 Å². The van der Waals surface area contributed by atoms with E-state index in [1.54, 1.807) is 4.52 Å². The van der Waals surface area contributed by atoms with Crippen LogP contribution in [-0.4, -0.2) is 19.8 Å². The first kappa shape index (κ1) is 15.1. The summed E-state index contributed by atoms with van der Waals surface area (Å²) < 4.78 is 1.78. The summed E-state index contributed by atoms with van der Waals surface area (Å²) >= 11 is 7.50. The molecule has 2 aromatic heterocycles. The van der Waals surface area contributed by atoms with Crippen molar-refractivity contribution in [3.05, 3.63) is 69.7 Å². The molecule has 0 aliphatic carbocycles. The summed E-state index contributed by atoms with van der Waals surface area (Å²) in [5.74, 6) is 0.753. The Morgan fingerprint density at radius 1 is 1.04 bits per heavy atom. The molecule has 0 bridgehead atoms. The van der Waals surface area contributed by atoms with Crippen LogP contribution in [0.15, 0.2) is 48.5 Å². The van der Waals surface area contributed by atoms with Crippen molar-refractivity contribution in [3.8, 4) is 11.4 Å². The van der Waals surface area contributed by atoms with E-state index in [4.69, 9.17) is 11.6 Å². The first-order valence-corrected chi connectivity index (χ1v) is 8.61. The fraction of sp³-hybridized carbons (Fsp3) is 0.0556. The van der Waals surface area contributed by atoms with Gasteiger partial charge in [0.25, 0.3) is 0 Å². The van der Waals surface area contributed by atoms with Crippen LogP contribution in [-0.2, 0) is 0 Å². The summed E-state index contributed by atoms with van der Waals surface area (Å²) in [5.41, 5.74) is 3.25. The molecule has 6 heteroatoms. The maximum Gasteiger partial charge on any atom is 0.235 e. The number of aryl methyl sites for hydroxylation is 1. The average Bonchev–Trinajstić information content (AvgIpc) is 3.14. The minimum absolute atomic E-state index is 0.719. The van der Waals surface area contributed by atoms with E-state index in [-0.39, 0.29) is 0 Å². The molecule has 118 valence electrons. The molecule has 0 fully saturated rings. The lowest BCUT2D eigenvalue weighted by atomic mass is 10.1. The second-order valence-corrected chi connectivity index (χ2v) is 6.84. The highest BCUT2D eigenvalue weighted by Gasteiger charge is 2.12. The number of hydrogen-bond donors (Lipinski definition) is 0. The van der Waals surface area contributed by atoms with Crippen LogP contribution in [0.3, 0.4) is 0 Å². The molecule has 0 radical (unpaired) electrons. The Morgan fingerprint density at radius 3 is 2.67 bits per heavy atom. The summed E-state index contributed by atoms with van der Waals surface area (Å²) in [5, 5.41) is 14.7. The number of halogens is 1. The van der Waals surface area contributed by atoms with Gasteiger partial charge in [-0.3, -0.25) is 0 Å². The molecule has 4 rings (SSSR count). The van der Waals surface area contributed by atoms with E-state index in [9.17, 15) is 0 Å². The van der Waals surface area contributed by atoms with E-state index in [2.05, 4.69) is 34.4 Å². The molecule has 0 saturated carbocycles. The van der Waals surface area contributed by atoms with Gasteiger partial charge < -0.3 is 0 Å². The largest absolute Gasteiger partial charge is 0.235 e. The summed E-state index contributed by atoms with van der Waals surface area (Å²) in [6, 6.07) is 15.9. The zero-order valence-corrected chi connectivity index (χ0v) is 14.4. The van der Waals surface area contributed by atoms with Crippen LogP contribution in [0.2, 0.25) is 5.02 Å². The molecule has 0 spiro atoms. The van der Waals surface area contributed by atoms with Crippen molar-refractivity contribution < 1.29 is 0 Å². The molecule has 4 nitrogen and oxygen atoms in total. The molecular formula is C18H13ClN4S. The van der Waals surface area contributed by atoms with E-state index in [0.29, 0.717) is 0 Å². The molecule has 2 aromatic carbocycles. The fourth-order valence-electron chi connectivity index (χ4n) is 2.36. The predicted molar refractivity (Wildman–Crippen MR) is 99.2 cm³/mol. The maximum atomic E-state index is 6.00. The lowest BCUT2D eigenvalue weighted by molar-refractivity contribution is 0.959.